The summed E-state index contributed by atoms with van der Waals surface area (Å²) in [5, 5.41) is 14.3. The topological polar surface area (TPSA) is 96.9 Å². The third kappa shape index (κ3) is 4.95. The van der Waals surface area contributed by atoms with Crippen molar-refractivity contribution in [3.63, 3.8) is 0 Å². The first kappa shape index (κ1) is 18.7. The molecule has 1 heterocycles. The van der Waals surface area contributed by atoms with Crippen LogP contribution in [0.2, 0.25) is 0 Å². The third-order valence-corrected chi connectivity index (χ3v) is 4.99. The second-order valence-corrected chi connectivity index (χ2v) is 6.79. The smallest absolute Gasteiger partial charge is 0.309 e. The van der Waals surface area contributed by atoms with Gasteiger partial charge in [0.1, 0.15) is 12.4 Å². The Balaban J connectivity index is 1.43. The van der Waals surface area contributed by atoms with Crippen molar-refractivity contribution in [2.75, 3.05) is 26.4 Å². The Morgan fingerprint density at radius 1 is 1.19 bits per heavy atom. The van der Waals surface area contributed by atoms with E-state index < -0.39 is 11.8 Å². The van der Waals surface area contributed by atoms with Gasteiger partial charge in [0.25, 0.3) is 0 Å². The van der Waals surface area contributed by atoms with Crippen molar-refractivity contribution in [3.05, 3.63) is 29.8 Å². The van der Waals surface area contributed by atoms with Gasteiger partial charge >= 0.3 is 11.8 Å². The molecule has 1 aromatic rings. The van der Waals surface area contributed by atoms with E-state index in [1.54, 1.807) is 6.07 Å². The molecule has 1 saturated heterocycles. The quantitative estimate of drug-likeness (QED) is 0.618. The Labute approximate surface area is 153 Å². The fourth-order valence-electron chi connectivity index (χ4n) is 3.48. The van der Waals surface area contributed by atoms with Gasteiger partial charge in [-0.2, -0.15) is 0 Å². The highest BCUT2D eigenvalue weighted by Gasteiger charge is 2.44. The number of aliphatic hydroxyl groups is 1. The molecule has 3 N–H and O–H groups in total. The summed E-state index contributed by atoms with van der Waals surface area (Å²) >= 11 is 0. The van der Waals surface area contributed by atoms with Crippen molar-refractivity contribution in [3.8, 4) is 5.75 Å². The average Bonchev–Trinajstić information content (AvgIpc) is 3.44. The molecule has 142 valence electrons. The van der Waals surface area contributed by atoms with Crippen LogP contribution >= 0.6 is 0 Å². The van der Waals surface area contributed by atoms with Gasteiger partial charge in [0.15, 0.2) is 0 Å². The van der Waals surface area contributed by atoms with E-state index in [4.69, 9.17) is 14.6 Å². The fraction of sp³-hybridized carbons (Fsp3) is 0.579. The van der Waals surface area contributed by atoms with E-state index in [9.17, 15) is 9.59 Å². The lowest BCUT2D eigenvalue weighted by atomic mass is 9.94. The second kappa shape index (κ2) is 9.00. The van der Waals surface area contributed by atoms with Crippen LogP contribution in [0.15, 0.2) is 24.3 Å². The molecule has 0 radical (unpaired) electrons. The summed E-state index contributed by atoms with van der Waals surface area (Å²) in [6.45, 7) is 1.88. The minimum atomic E-state index is -0.639. The number of aliphatic hydroxyl groups excluding tert-OH is 1. The van der Waals surface area contributed by atoms with E-state index in [1.807, 2.05) is 18.2 Å². The SMILES string of the molecule is O=C(NCc1ccccc1OCCO)C(=O)N[C@@H]1C[C@H]1C1CCOCC1. The number of para-hydroxylation sites is 1. The number of benzene rings is 1. The molecule has 7 nitrogen and oxygen atoms in total. The molecule has 26 heavy (non-hydrogen) atoms. The molecule has 0 aromatic heterocycles. The van der Waals surface area contributed by atoms with Crippen LogP contribution in [0, 0.1) is 11.8 Å². The summed E-state index contributed by atoms with van der Waals surface area (Å²) in [6.07, 6.45) is 3.02. The molecule has 1 aliphatic heterocycles. The molecular weight excluding hydrogens is 336 g/mol. The van der Waals surface area contributed by atoms with Crippen molar-refractivity contribution in [2.24, 2.45) is 11.8 Å². The number of amides is 2. The van der Waals surface area contributed by atoms with Crippen LogP contribution in [0.25, 0.3) is 0 Å². The van der Waals surface area contributed by atoms with Gasteiger partial charge in [-0.15, -0.1) is 0 Å². The lowest BCUT2D eigenvalue weighted by molar-refractivity contribution is -0.139. The summed E-state index contributed by atoms with van der Waals surface area (Å²) < 4.78 is 10.8. The molecule has 0 spiro atoms. The maximum absolute atomic E-state index is 12.1. The summed E-state index contributed by atoms with van der Waals surface area (Å²) in [5.74, 6) is 0.429. The largest absolute Gasteiger partial charge is 0.491 e. The first-order valence-electron chi connectivity index (χ1n) is 9.17. The van der Waals surface area contributed by atoms with Crippen LogP contribution in [0.4, 0.5) is 0 Å². The number of nitrogens with one attached hydrogen (secondary N) is 2. The van der Waals surface area contributed by atoms with Crippen LogP contribution in [0.1, 0.15) is 24.8 Å². The van der Waals surface area contributed by atoms with Gasteiger partial charge in [-0.25, -0.2) is 0 Å². The predicted molar refractivity (Wildman–Crippen MR) is 94.5 cm³/mol. The van der Waals surface area contributed by atoms with Gasteiger partial charge in [0.05, 0.1) is 6.61 Å². The lowest BCUT2D eigenvalue weighted by Crippen LogP contribution is -2.41. The molecule has 1 aromatic carbocycles. The first-order chi connectivity index (χ1) is 12.7. The van der Waals surface area contributed by atoms with E-state index in [2.05, 4.69) is 10.6 Å². The zero-order valence-electron chi connectivity index (χ0n) is 14.8. The van der Waals surface area contributed by atoms with E-state index in [1.165, 1.54) is 0 Å². The lowest BCUT2D eigenvalue weighted by Gasteiger charge is -2.22. The summed E-state index contributed by atoms with van der Waals surface area (Å²) in [4.78, 5) is 24.2. The van der Waals surface area contributed by atoms with Gasteiger partial charge in [0.2, 0.25) is 0 Å². The average molecular weight is 362 g/mol. The van der Waals surface area contributed by atoms with Gasteiger partial charge in [-0.3, -0.25) is 9.59 Å². The van der Waals surface area contributed by atoms with Crippen LogP contribution in [0.5, 0.6) is 5.75 Å². The Morgan fingerprint density at radius 2 is 1.96 bits per heavy atom. The van der Waals surface area contributed by atoms with Crippen molar-refractivity contribution in [1.29, 1.82) is 0 Å². The standard InChI is InChI=1S/C19H26N2O5/c22-7-10-26-17-4-2-1-3-14(17)12-20-18(23)19(24)21-16-11-15(16)13-5-8-25-9-6-13/h1-4,13,15-16,22H,5-12H2,(H,20,23)(H,21,24)/t15-,16+/m0/s1. The number of carbonyl (C=O) groups excluding carboxylic acids is 2. The van der Waals surface area contributed by atoms with Gasteiger partial charge < -0.3 is 25.2 Å². The molecule has 0 bridgehead atoms. The molecular formula is C19H26N2O5. The zero-order valence-corrected chi connectivity index (χ0v) is 14.8. The normalized spacial score (nSPS) is 22.5. The van der Waals surface area contributed by atoms with E-state index in [0.29, 0.717) is 17.6 Å². The zero-order chi connectivity index (χ0) is 18.4. The highest BCUT2D eigenvalue weighted by molar-refractivity contribution is 6.35. The molecule has 2 fully saturated rings. The molecule has 0 unspecified atom stereocenters. The van der Waals surface area contributed by atoms with Crippen LogP contribution in [-0.2, 0) is 20.9 Å². The number of hydrogen-bond acceptors (Lipinski definition) is 5. The highest BCUT2D eigenvalue weighted by Crippen LogP contribution is 2.41. The van der Waals surface area contributed by atoms with Gasteiger partial charge in [-0.05, 0) is 37.2 Å². The monoisotopic (exact) mass is 362 g/mol. The molecule has 2 amide bonds. The number of carbonyl (C=O) groups is 2. The summed E-state index contributed by atoms with van der Waals surface area (Å²) in [7, 11) is 0. The maximum Gasteiger partial charge on any atom is 0.309 e. The molecule has 3 rings (SSSR count). The Hall–Kier alpha value is -2.12. The van der Waals surface area contributed by atoms with Crippen LogP contribution < -0.4 is 15.4 Å². The number of rotatable bonds is 7. The highest BCUT2D eigenvalue weighted by atomic mass is 16.5. The first-order valence-corrected chi connectivity index (χ1v) is 9.17. The summed E-state index contributed by atoms with van der Waals surface area (Å²) in [6, 6.07) is 7.33. The molecule has 1 saturated carbocycles. The minimum absolute atomic E-state index is 0.0846. The fourth-order valence-corrected chi connectivity index (χ4v) is 3.48. The Morgan fingerprint density at radius 3 is 2.73 bits per heavy atom. The Kier molecular flexibility index (Phi) is 6.46. The van der Waals surface area contributed by atoms with E-state index >= 15 is 0 Å². The summed E-state index contributed by atoms with van der Waals surface area (Å²) in [5.41, 5.74) is 0.758. The molecule has 7 heteroatoms. The van der Waals surface area contributed by atoms with Crippen molar-refractivity contribution in [1.82, 2.24) is 10.6 Å². The Bertz CT molecular complexity index is 630. The molecule has 2 atom stereocenters. The minimum Gasteiger partial charge on any atom is -0.491 e. The number of ether oxygens (including phenoxy) is 2. The van der Waals surface area contributed by atoms with Crippen molar-refractivity contribution < 1.29 is 24.2 Å². The number of hydrogen-bond donors (Lipinski definition) is 3. The van der Waals surface area contributed by atoms with Gasteiger partial charge in [-0.1, -0.05) is 18.2 Å². The van der Waals surface area contributed by atoms with E-state index in [-0.39, 0.29) is 25.8 Å². The van der Waals surface area contributed by atoms with Crippen molar-refractivity contribution >= 4 is 11.8 Å². The van der Waals surface area contributed by atoms with Gasteiger partial charge in [0, 0.05) is 31.4 Å². The van der Waals surface area contributed by atoms with Crippen LogP contribution in [-0.4, -0.2) is 49.4 Å². The van der Waals surface area contributed by atoms with Crippen molar-refractivity contribution in [2.45, 2.75) is 31.8 Å². The third-order valence-electron chi connectivity index (χ3n) is 4.99. The van der Waals surface area contributed by atoms with E-state index in [0.717, 1.165) is 38.0 Å². The maximum atomic E-state index is 12.1. The predicted octanol–water partition coefficient (Wildman–Crippen LogP) is 0.605. The molecule has 1 aliphatic carbocycles. The molecule has 2 aliphatic rings. The second-order valence-electron chi connectivity index (χ2n) is 6.79. The van der Waals surface area contributed by atoms with Crippen LogP contribution in [0.3, 0.4) is 0 Å².